The first-order valence-corrected chi connectivity index (χ1v) is 41.8. The number of carbonyl (C=O) groups is 10. The molecule has 0 bridgehead atoms. The average molecular weight is 1540 g/mol. The van der Waals surface area contributed by atoms with Gasteiger partial charge in [-0.3, -0.25) is 43.3 Å². The van der Waals surface area contributed by atoms with Gasteiger partial charge in [-0.2, -0.15) is 4.31 Å². The first-order chi connectivity index (χ1) is 49.8. The summed E-state index contributed by atoms with van der Waals surface area (Å²) in [6, 6.07) is 4.07. The number of amides is 7. The van der Waals surface area contributed by atoms with E-state index >= 15 is 0 Å². The van der Waals surface area contributed by atoms with Crippen LogP contribution in [0.2, 0.25) is 0 Å². The maximum atomic E-state index is 14.7. The number of Topliss-reactive ketones (excluding diaryl/α,β-unsaturated/α-hetero) is 3. The van der Waals surface area contributed by atoms with E-state index in [4.69, 9.17) is 18.9 Å². The molecule has 32 heteroatoms. The third-order valence-electron chi connectivity index (χ3n) is 21.5. The SMILES string of the molecule is CC(C)(C)OC(=O)N([C@H]1CCCCC/C=C\[C@@H]2C[C@@]2(C(=O)NS(=O)(=O)C2CC2)CC(=O)[C@@H]2C[C@@H](OC(=O)N3Cc4cccc(F)c4C3)CN2C1=O)S(C)(=O)=O.CC(C)(C)OC(=O)N[C@H]1CCCCC/C=C\[C@@H]2C[C@@]2(C(=O)CS(=O)(=O)C2CC2)CC(=O)[C@@H]2C[C@@H](OC(=O)N3Cc4cccc(F)c4C3)CN2C1=O. The lowest BCUT2D eigenvalue weighted by molar-refractivity contribution is -0.142. The number of ketones is 3. The molecule has 6 aliphatic heterocycles. The Labute approximate surface area is 617 Å². The highest BCUT2D eigenvalue weighted by atomic mass is 32.2. The molecule has 106 heavy (non-hydrogen) atoms. The van der Waals surface area contributed by atoms with Crippen LogP contribution in [0.5, 0.6) is 0 Å². The predicted molar refractivity (Wildman–Crippen MR) is 379 cm³/mol. The van der Waals surface area contributed by atoms with Crippen LogP contribution in [0.3, 0.4) is 0 Å². The summed E-state index contributed by atoms with van der Waals surface area (Å²) in [5.41, 5.74) is -2.54. The normalized spacial score (nSPS) is 28.7. The van der Waals surface area contributed by atoms with Gasteiger partial charge in [-0.05, 0) is 154 Å². The molecule has 2 aromatic carbocycles. The molecule has 2 saturated heterocycles. The monoisotopic (exact) mass is 1540 g/mol. The highest BCUT2D eigenvalue weighted by Crippen LogP contribution is 2.59. The zero-order chi connectivity index (χ0) is 76.8. The highest BCUT2D eigenvalue weighted by molar-refractivity contribution is 7.93. The molecule has 7 amide bonds. The number of carbonyl (C=O) groups excluding carboxylic acids is 10. The fraction of sp³-hybridized carbons (Fsp3) is 0.649. The minimum absolute atomic E-state index is 0.0176. The quantitative estimate of drug-likeness (QED) is 0.148. The van der Waals surface area contributed by atoms with Gasteiger partial charge in [0.05, 0.1) is 60.4 Å². The molecule has 10 atom stereocenters. The van der Waals surface area contributed by atoms with Crippen molar-refractivity contribution in [2.75, 3.05) is 25.1 Å². The number of benzene rings is 2. The van der Waals surface area contributed by atoms with Crippen LogP contribution in [-0.2, 0) is 104 Å². The summed E-state index contributed by atoms with van der Waals surface area (Å²) < 4.78 is 132. The van der Waals surface area contributed by atoms with Crippen molar-refractivity contribution in [2.24, 2.45) is 22.7 Å². The molecule has 0 aromatic heterocycles. The fourth-order valence-electron chi connectivity index (χ4n) is 15.4. The Balaban J connectivity index is 0.000000212. The third-order valence-corrected chi connectivity index (χ3v) is 26.6. The van der Waals surface area contributed by atoms with Gasteiger partial charge in [-0.25, -0.2) is 53.2 Å². The van der Waals surface area contributed by atoms with Gasteiger partial charge in [0.25, 0.3) is 0 Å². The lowest BCUT2D eigenvalue weighted by Gasteiger charge is -2.35. The predicted octanol–water partition coefficient (Wildman–Crippen LogP) is 8.68. The van der Waals surface area contributed by atoms with Crippen molar-refractivity contribution >= 4 is 89.3 Å². The molecule has 6 fully saturated rings. The zero-order valence-electron chi connectivity index (χ0n) is 61.0. The van der Waals surface area contributed by atoms with Gasteiger partial charge < -0.3 is 34.1 Å². The number of nitrogens with one attached hydrogen (secondary N) is 2. The van der Waals surface area contributed by atoms with E-state index in [9.17, 15) is 82.0 Å². The van der Waals surface area contributed by atoms with E-state index in [1.807, 2.05) is 24.3 Å². The maximum absolute atomic E-state index is 14.7. The number of hydrogen-bond acceptors (Lipinski definition) is 20. The van der Waals surface area contributed by atoms with Crippen LogP contribution in [0.15, 0.2) is 60.7 Å². The van der Waals surface area contributed by atoms with Gasteiger partial charge >= 0.3 is 24.4 Å². The number of hydrogen-bond donors (Lipinski definition) is 2. The molecule has 12 rings (SSSR count). The number of sulfonamides is 2. The van der Waals surface area contributed by atoms with Crippen LogP contribution in [0.4, 0.5) is 28.0 Å². The second-order valence-corrected chi connectivity index (χ2v) is 38.3. The van der Waals surface area contributed by atoms with Crippen molar-refractivity contribution in [3.8, 4) is 0 Å². The van der Waals surface area contributed by atoms with Crippen molar-refractivity contribution in [1.82, 2.24) is 33.9 Å². The van der Waals surface area contributed by atoms with Crippen LogP contribution in [0, 0.1) is 34.3 Å². The van der Waals surface area contributed by atoms with E-state index in [2.05, 4.69) is 10.0 Å². The lowest BCUT2D eigenvalue weighted by Crippen LogP contribution is -2.56. The molecule has 580 valence electrons. The lowest BCUT2D eigenvalue weighted by atomic mass is 9.88. The topological polar surface area (TPSA) is 350 Å². The number of allylic oxidation sites excluding steroid dienone is 4. The summed E-state index contributed by atoms with van der Waals surface area (Å²) in [5, 5.41) is 1.49. The molecule has 0 radical (unpaired) electrons. The number of fused-ring (bicyclic) bond motifs is 6. The van der Waals surface area contributed by atoms with Crippen molar-refractivity contribution in [1.29, 1.82) is 0 Å². The Kier molecular flexibility index (Phi) is 23.2. The van der Waals surface area contributed by atoms with Crippen LogP contribution < -0.4 is 10.0 Å². The highest BCUT2D eigenvalue weighted by Gasteiger charge is 2.63. The zero-order valence-corrected chi connectivity index (χ0v) is 63.5. The summed E-state index contributed by atoms with van der Waals surface area (Å²) in [4.78, 5) is 144. The first kappa shape index (κ1) is 79.2. The van der Waals surface area contributed by atoms with Gasteiger partial charge in [0.2, 0.25) is 37.8 Å². The number of rotatable bonds is 12. The van der Waals surface area contributed by atoms with E-state index in [-0.39, 0.29) is 83.7 Å². The number of halogens is 2. The number of sulfone groups is 1. The van der Waals surface area contributed by atoms with Crippen LogP contribution in [0.1, 0.15) is 192 Å². The molecule has 2 aromatic rings. The Hall–Kier alpha value is -7.87. The van der Waals surface area contributed by atoms with Gasteiger partial charge in [-0.1, -0.05) is 74.3 Å². The summed E-state index contributed by atoms with van der Waals surface area (Å²) >= 11 is 0. The first-order valence-electron chi connectivity index (χ1n) is 36.7. The van der Waals surface area contributed by atoms with Crippen molar-refractivity contribution < 1.29 is 101 Å². The molecule has 0 unspecified atom stereocenters. The Morgan fingerprint density at radius 3 is 1.57 bits per heavy atom. The minimum atomic E-state index is -4.43. The van der Waals surface area contributed by atoms with E-state index in [0.29, 0.717) is 97.2 Å². The molecular weight excluding hydrogens is 1440 g/mol. The Morgan fingerprint density at radius 1 is 0.594 bits per heavy atom. The molecular formula is C74H97F2N7O20S3. The van der Waals surface area contributed by atoms with Gasteiger partial charge in [0.15, 0.2) is 27.2 Å². The van der Waals surface area contributed by atoms with Crippen LogP contribution in [-0.4, -0.2) is 192 Å². The molecule has 0 spiro atoms. The second-order valence-electron chi connectivity index (χ2n) is 32.2. The van der Waals surface area contributed by atoms with E-state index in [1.54, 1.807) is 59.7 Å². The van der Waals surface area contributed by atoms with E-state index < -0.39 is 188 Å². The largest absolute Gasteiger partial charge is 0.444 e. The minimum Gasteiger partial charge on any atom is -0.444 e. The molecule has 2 N–H and O–H groups in total. The fourth-order valence-corrected chi connectivity index (χ4v) is 19.5. The number of nitrogens with zero attached hydrogens (tertiary/aromatic N) is 5. The number of ether oxygens (including phenoxy) is 4. The van der Waals surface area contributed by atoms with Crippen molar-refractivity contribution in [2.45, 2.75) is 254 Å². The smallest absolute Gasteiger partial charge is 0.424 e. The molecule has 10 aliphatic rings. The van der Waals surface area contributed by atoms with E-state index in [0.717, 1.165) is 24.0 Å². The molecule has 4 aliphatic carbocycles. The van der Waals surface area contributed by atoms with Crippen LogP contribution >= 0.6 is 0 Å². The molecule has 27 nitrogen and oxygen atoms in total. The van der Waals surface area contributed by atoms with Gasteiger partial charge in [0.1, 0.15) is 52.9 Å². The third kappa shape index (κ3) is 18.6. The summed E-state index contributed by atoms with van der Waals surface area (Å²) in [6.45, 7) is 9.45. The van der Waals surface area contributed by atoms with Gasteiger partial charge in [-0.15, -0.1) is 0 Å². The average Bonchev–Trinajstić information content (AvgIpc) is 1.57. The molecule has 4 saturated carbocycles. The second kappa shape index (κ2) is 31.0. The van der Waals surface area contributed by atoms with E-state index in [1.165, 1.54) is 32.9 Å². The van der Waals surface area contributed by atoms with Crippen molar-refractivity contribution in [3.05, 3.63) is 94.6 Å². The Bertz CT molecular complexity index is 4250. The summed E-state index contributed by atoms with van der Waals surface area (Å²) in [5.74, 6) is -6.03. The summed E-state index contributed by atoms with van der Waals surface area (Å²) in [7, 11) is -12.0. The van der Waals surface area contributed by atoms with Crippen LogP contribution in [0.25, 0.3) is 0 Å². The maximum Gasteiger partial charge on any atom is 0.424 e. The van der Waals surface area contributed by atoms with Crippen molar-refractivity contribution in [3.63, 3.8) is 0 Å². The number of alkyl carbamates (subject to hydrolysis) is 1. The standard InChI is InChI=1S/C37H49FN4O11S2.C37H48FN3O9S/c1-36(2,3)53-35(47)42(54(4,48)49)29-14-9-7-5-6-8-12-24-18-37(24,33(45)39-55(50,51)26-15-16-26)19-31(43)30-17-25(21-41(30)32(29)44)52-34(46)40-20-23-11-10-13-28(38)27(23)22-40;1-36(2,3)50-34(45)39-29-13-8-6-4-5-7-11-24-17-37(24,32(43)22-51(47,48)26-14-15-26)18-31(42)30-16-25(20-41(30)33(29)44)49-35(46)40-19-23-10-9-12-28(38)27(23)21-40/h8,10-13,24-26,29-30H,5-7,9,14-22H2,1-4H3,(H,39,45);7,9-12,24-26,29-30H,4-6,8,13-22H2,1-3H3,(H,39,45)/b12-8-;11-7-/t2*24-,25-,29+,30+,37-/m11/s1. The Morgan fingerprint density at radius 2 is 1.08 bits per heavy atom. The summed E-state index contributed by atoms with van der Waals surface area (Å²) in [6.07, 6.45) is 9.32. The molecule has 6 heterocycles. The van der Waals surface area contributed by atoms with Gasteiger partial charge in [0, 0.05) is 55.3 Å².